The number of anilines is 2. The molecule has 0 bridgehead atoms. The summed E-state index contributed by atoms with van der Waals surface area (Å²) in [5.41, 5.74) is 2.87. The van der Waals surface area contributed by atoms with Crippen molar-refractivity contribution in [1.82, 2.24) is 23.9 Å². The van der Waals surface area contributed by atoms with Crippen molar-refractivity contribution in [3.8, 4) is 0 Å². The van der Waals surface area contributed by atoms with Crippen LogP contribution < -0.4 is 13.9 Å². The molecule has 0 unspecified atom stereocenters. The molecule has 0 atom stereocenters. The topological polar surface area (TPSA) is 172 Å². The third kappa shape index (κ3) is 10.2. The Hall–Kier alpha value is -4.94. The van der Waals surface area contributed by atoms with Crippen molar-refractivity contribution in [3.63, 3.8) is 0 Å². The zero-order valence-corrected chi connectivity index (χ0v) is 31.9. The minimum Gasteiger partial charge on any atom is -0.465 e. The van der Waals surface area contributed by atoms with Crippen LogP contribution in [0.3, 0.4) is 0 Å². The van der Waals surface area contributed by atoms with Crippen LogP contribution in [0.15, 0.2) is 97.3 Å². The third-order valence-electron chi connectivity index (χ3n) is 8.79. The Morgan fingerprint density at radius 3 is 1.39 bits per heavy atom. The monoisotopic (exact) mass is 779 g/mol. The standard InChI is InChI=1S/C19H23N3O4S.C18H22N4O4S/c1-26-19(23)16-10-11-17(20-14-16)15-22(18-8-4-2-5-9-18)27(24,25)21-12-6-3-7-13-21;1-26-18(23)15-7-8-16(20-13-15)14-22(17-5-3-2-4-6-17)27(24,25)21-11-9-19-10-12-21/h2,4-5,8-11,14H,3,6-7,12-13,15H2,1H3;2-8,13,19H,9-12,14H2,1H3. The average molecular weight is 780 g/mol. The van der Waals surface area contributed by atoms with Crippen LogP contribution in [0.4, 0.5) is 11.4 Å². The smallest absolute Gasteiger partial charge is 0.339 e. The van der Waals surface area contributed by atoms with Gasteiger partial charge in [0, 0.05) is 51.7 Å². The minimum absolute atomic E-state index is 0.0672. The maximum atomic E-state index is 13.3. The fourth-order valence-corrected chi connectivity index (χ4v) is 9.15. The minimum atomic E-state index is -3.71. The molecular weight excluding hydrogens is 735 g/mol. The van der Waals surface area contributed by atoms with Gasteiger partial charge in [0.15, 0.2) is 0 Å². The van der Waals surface area contributed by atoms with Gasteiger partial charge in [0.25, 0.3) is 0 Å². The van der Waals surface area contributed by atoms with Gasteiger partial charge < -0.3 is 14.8 Å². The molecule has 6 rings (SSSR count). The number of para-hydroxylation sites is 2. The maximum absolute atomic E-state index is 13.3. The van der Waals surface area contributed by atoms with Crippen molar-refractivity contribution >= 4 is 43.7 Å². The van der Waals surface area contributed by atoms with Crippen LogP contribution >= 0.6 is 0 Å². The van der Waals surface area contributed by atoms with Gasteiger partial charge in [0.05, 0.1) is 61.2 Å². The van der Waals surface area contributed by atoms with E-state index >= 15 is 0 Å². The highest BCUT2D eigenvalue weighted by Gasteiger charge is 2.33. The van der Waals surface area contributed by atoms with E-state index in [1.807, 2.05) is 24.3 Å². The number of aromatic nitrogens is 2. The lowest BCUT2D eigenvalue weighted by molar-refractivity contribution is 0.0591. The lowest BCUT2D eigenvalue weighted by Gasteiger charge is -2.33. The van der Waals surface area contributed by atoms with Gasteiger partial charge in [-0.15, -0.1) is 0 Å². The van der Waals surface area contributed by atoms with Gasteiger partial charge in [-0.3, -0.25) is 18.6 Å². The molecule has 2 aromatic heterocycles. The first-order valence-corrected chi connectivity index (χ1v) is 20.3. The molecule has 54 heavy (non-hydrogen) atoms. The van der Waals surface area contributed by atoms with Gasteiger partial charge in [-0.1, -0.05) is 42.8 Å². The van der Waals surface area contributed by atoms with E-state index in [4.69, 9.17) is 0 Å². The van der Waals surface area contributed by atoms with Gasteiger partial charge in [-0.25, -0.2) is 9.59 Å². The summed E-state index contributed by atoms with van der Waals surface area (Å²) in [5.74, 6) is -0.961. The number of hydrogen-bond donors (Lipinski definition) is 1. The lowest BCUT2D eigenvalue weighted by atomic mass is 10.2. The van der Waals surface area contributed by atoms with Crippen LogP contribution in [0.1, 0.15) is 51.4 Å². The molecule has 288 valence electrons. The fourth-order valence-electron chi connectivity index (χ4n) is 5.86. The molecule has 0 saturated carbocycles. The number of piperidine rings is 1. The van der Waals surface area contributed by atoms with Crippen molar-refractivity contribution in [2.75, 3.05) is 62.1 Å². The zero-order chi connectivity index (χ0) is 38.6. The number of nitrogens with zero attached hydrogens (tertiary/aromatic N) is 6. The molecule has 0 radical (unpaired) electrons. The molecule has 0 aliphatic carbocycles. The molecule has 15 nitrogen and oxygen atoms in total. The molecule has 0 amide bonds. The summed E-state index contributed by atoms with van der Waals surface area (Å²) < 4.78 is 68.0. The van der Waals surface area contributed by atoms with Crippen LogP contribution in [0, 0.1) is 0 Å². The van der Waals surface area contributed by atoms with E-state index in [-0.39, 0.29) is 13.1 Å². The van der Waals surface area contributed by atoms with Crippen molar-refractivity contribution in [2.24, 2.45) is 0 Å². The number of esters is 2. The lowest BCUT2D eigenvalue weighted by Crippen LogP contribution is -2.51. The third-order valence-corrected chi connectivity index (χ3v) is 12.6. The Balaban J connectivity index is 0.000000208. The van der Waals surface area contributed by atoms with Gasteiger partial charge in [-0.2, -0.15) is 25.4 Å². The molecule has 2 fully saturated rings. The van der Waals surface area contributed by atoms with Crippen LogP contribution in [-0.2, 0) is 43.0 Å². The van der Waals surface area contributed by atoms with Gasteiger partial charge in [0.1, 0.15) is 0 Å². The highest BCUT2D eigenvalue weighted by Crippen LogP contribution is 2.26. The second kappa shape index (κ2) is 18.9. The van der Waals surface area contributed by atoms with Crippen molar-refractivity contribution < 1.29 is 35.9 Å². The van der Waals surface area contributed by atoms with Crippen molar-refractivity contribution in [2.45, 2.75) is 32.4 Å². The first kappa shape index (κ1) is 40.2. The molecule has 2 aliphatic rings. The predicted octanol–water partition coefficient (Wildman–Crippen LogP) is 3.63. The highest BCUT2D eigenvalue weighted by atomic mass is 32.2. The Morgan fingerprint density at radius 1 is 0.611 bits per heavy atom. The molecule has 2 aliphatic heterocycles. The van der Waals surface area contributed by atoms with Crippen LogP contribution in [-0.4, -0.2) is 101 Å². The molecule has 2 aromatic carbocycles. The second-order valence-electron chi connectivity index (χ2n) is 12.4. The van der Waals surface area contributed by atoms with Crippen molar-refractivity contribution in [3.05, 3.63) is 120 Å². The number of ether oxygens (including phenoxy) is 2. The van der Waals surface area contributed by atoms with E-state index in [0.717, 1.165) is 19.3 Å². The zero-order valence-electron chi connectivity index (χ0n) is 30.3. The maximum Gasteiger partial charge on any atom is 0.339 e. The summed E-state index contributed by atoms with van der Waals surface area (Å²) in [6, 6.07) is 24.4. The molecule has 4 aromatic rings. The van der Waals surface area contributed by atoms with E-state index < -0.39 is 32.4 Å². The molecule has 17 heteroatoms. The number of pyridine rings is 2. The van der Waals surface area contributed by atoms with E-state index in [9.17, 15) is 26.4 Å². The van der Waals surface area contributed by atoms with E-state index in [2.05, 4.69) is 24.8 Å². The number of piperazine rings is 1. The fraction of sp³-hybridized carbons (Fsp3) is 0.351. The number of nitrogens with one attached hydrogen (secondary N) is 1. The van der Waals surface area contributed by atoms with Crippen LogP contribution in [0.25, 0.3) is 0 Å². The Bertz CT molecular complexity index is 1880. The summed E-state index contributed by atoms with van der Waals surface area (Å²) in [4.78, 5) is 31.6. The molecular formula is C37H45N7O8S2. The number of carbonyl (C=O) groups is 2. The molecule has 0 spiro atoms. The summed E-state index contributed by atoms with van der Waals surface area (Å²) in [6.07, 6.45) is 5.58. The summed E-state index contributed by atoms with van der Waals surface area (Å²) in [7, 11) is -4.78. The Kier molecular flexibility index (Phi) is 14.1. The van der Waals surface area contributed by atoms with Gasteiger partial charge in [-0.05, 0) is 61.4 Å². The Labute approximate surface area is 316 Å². The first-order chi connectivity index (χ1) is 26.0. The molecule has 4 heterocycles. The van der Waals surface area contributed by atoms with Crippen LogP contribution in [0.2, 0.25) is 0 Å². The molecule has 2 saturated heterocycles. The van der Waals surface area contributed by atoms with Gasteiger partial charge >= 0.3 is 32.4 Å². The van der Waals surface area contributed by atoms with E-state index in [1.54, 1.807) is 60.7 Å². The summed E-state index contributed by atoms with van der Waals surface area (Å²) in [5, 5.41) is 3.16. The van der Waals surface area contributed by atoms with Crippen LogP contribution in [0.5, 0.6) is 0 Å². The Morgan fingerprint density at radius 2 is 1.02 bits per heavy atom. The normalized spacial score (nSPS) is 15.3. The number of benzene rings is 2. The number of carbonyl (C=O) groups excluding carboxylic acids is 2. The van der Waals surface area contributed by atoms with E-state index in [0.29, 0.717) is 73.2 Å². The van der Waals surface area contributed by atoms with Gasteiger partial charge in [0.2, 0.25) is 0 Å². The quantitative estimate of drug-likeness (QED) is 0.208. The molecule has 1 N–H and O–H groups in total. The predicted molar refractivity (Wildman–Crippen MR) is 204 cm³/mol. The number of rotatable bonds is 12. The average Bonchev–Trinajstić information content (AvgIpc) is 3.23. The van der Waals surface area contributed by atoms with Crippen molar-refractivity contribution in [1.29, 1.82) is 0 Å². The first-order valence-electron chi connectivity index (χ1n) is 17.5. The summed E-state index contributed by atoms with van der Waals surface area (Å²) in [6.45, 7) is 3.28. The van der Waals surface area contributed by atoms with E-state index in [1.165, 1.54) is 43.8 Å². The largest absolute Gasteiger partial charge is 0.465 e. The second-order valence-corrected chi connectivity index (χ2v) is 16.1. The highest BCUT2D eigenvalue weighted by molar-refractivity contribution is 7.90. The number of methoxy groups -OCH3 is 2. The summed E-state index contributed by atoms with van der Waals surface area (Å²) >= 11 is 0. The number of hydrogen-bond acceptors (Lipinski definition) is 11. The SMILES string of the molecule is COC(=O)c1ccc(CN(c2ccccc2)S(=O)(=O)N2CCCCC2)nc1.COC(=O)c1ccc(CN(c2ccccc2)S(=O)(=O)N2CCNCC2)nc1.